The largest absolute Gasteiger partial charge is 0.481 e. The fourth-order valence-corrected chi connectivity index (χ4v) is 0.349. The van der Waals surface area contributed by atoms with Crippen molar-refractivity contribution in [1.29, 1.82) is 0 Å². The van der Waals surface area contributed by atoms with Crippen LogP contribution in [0.1, 0.15) is 20.3 Å². The van der Waals surface area contributed by atoms with Gasteiger partial charge in [-0.15, -0.1) is 0 Å². The Kier molecular flexibility index (Phi) is 32.9. The van der Waals surface area contributed by atoms with Crippen molar-refractivity contribution in [3.63, 3.8) is 0 Å². The van der Waals surface area contributed by atoms with Gasteiger partial charge in [0.15, 0.2) is 0 Å². The first-order valence-corrected chi connectivity index (χ1v) is 2.34. The molecular formula is C5H10O2Y3. The van der Waals surface area contributed by atoms with Gasteiger partial charge in [0.25, 0.3) is 0 Å². The molecule has 0 saturated heterocycles. The fraction of sp³-hybridized carbons (Fsp3) is 0.800. The van der Waals surface area contributed by atoms with E-state index in [1.807, 2.05) is 13.8 Å². The van der Waals surface area contributed by atoms with Crippen molar-refractivity contribution in [3.05, 3.63) is 0 Å². The Bertz CT molecular complexity index is 75.3. The van der Waals surface area contributed by atoms with Crippen molar-refractivity contribution in [2.45, 2.75) is 20.3 Å². The zero-order valence-corrected chi connectivity index (χ0v) is 14.9. The Balaban J connectivity index is -0.0000000600. The average Bonchev–Trinajstić information content (AvgIpc) is 1.27. The molecular weight excluding hydrogens is 359 g/mol. The van der Waals surface area contributed by atoms with Crippen LogP contribution in [-0.4, -0.2) is 11.1 Å². The van der Waals surface area contributed by atoms with Crippen LogP contribution < -0.4 is 0 Å². The molecule has 10 heavy (non-hydrogen) atoms. The Morgan fingerprint density at radius 3 is 1.60 bits per heavy atom. The molecule has 0 aromatic heterocycles. The molecule has 0 rings (SSSR count). The molecule has 0 saturated carbocycles. The van der Waals surface area contributed by atoms with Gasteiger partial charge in [0.2, 0.25) is 0 Å². The molecule has 5 heteroatoms. The minimum absolute atomic E-state index is 0. The van der Waals surface area contributed by atoms with Gasteiger partial charge in [0.05, 0.1) is 0 Å². The number of rotatable bonds is 2. The van der Waals surface area contributed by atoms with Crippen LogP contribution in [0.15, 0.2) is 0 Å². The summed E-state index contributed by atoms with van der Waals surface area (Å²) in [5.41, 5.74) is 0. The van der Waals surface area contributed by atoms with Gasteiger partial charge in [-0.3, -0.25) is 4.79 Å². The Morgan fingerprint density at radius 2 is 1.60 bits per heavy atom. The molecule has 0 aliphatic rings. The average molecular weight is 369 g/mol. The molecule has 0 aliphatic heterocycles. The predicted molar refractivity (Wildman–Crippen MR) is 27.1 cm³/mol. The van der Waals surface area contributed by atoms with E-state index in [0.29, 0.717) is 0 Å². The molecule has 1 N–H and O–H groups in total. The number of hydrogen-bond acceptors (Lipinski definition) is 1. The molecule has 0 atom stereocenters. The second-order valence-corrected chi connectivity index (χ2v) is 1.99. The minimum atomic E-state index is -0.713. The summed E-state index contributed by atoms with van der Waals surface area (Å²) < 4.78 is 0. The van der Waals surface area contributed by atoms with Gasteiger partial charge in [-0.05, 0) is 5.92 Å². The molecule has 0 fully saturated rings. The summed E-state index contributed by atoms with van der Waals surface area (Å²) in [4.78, 5) is 9.81. The molecule has 0 bridgehead atoms. The molecule has 0 heterocycles. The molecule has 0 aliphatic carbocycles. The van der Waals surface area contributed by atoms with Gasteiger partial charge in [-0.2, -0.15) is 0 Å². The van der Waals surface area contributed by atoms with E-state index in [2.05, 4.69) is 0 Å². The van der Waals surface area contributed by atoms with Crippen molar-refractivity contribution >= 4 is 5.97 Å². The van der Waals surface area contributed by atoms with E-state index in [1.54, 1.807) is 0 Å². The molecule has 0 amide bonds. The molecule has 3 radical (unpaired) electrons. The molecule has 2 nitrogen and oxygen atoms in total. The van der Waals surface area contributed by atoms with Crippen molar-refractivity contribution in [3.8, 4) is 0 Å². The van der Waals surface area contributed by atoms with E-state index in [9.17, 15) is 4.79 Å². The van der Waals surface area contributed by atoms with Crippen LogP contribution in [0.4, 0.5) is 0 Å². The van der Waals surface area contributed by atoms with E-state index >= 15 is 0 Å². The van der Waals surface area contributed by atoms with E-state index < -0.39 is 5.97 Å². The van der Waals surface area contributed by atoms with E-state index in [4.69, 9.17) is 5.11 Å². The maximum Gasteiger partial charge on any atom is 0.303 e. The predicted octanol–water partition coefficient (Wildman–Crippen LogP) is 1.11. The third-order valence-corrected chi connectivity index (χ3v) is 0.583. The van der Waals surface area contributed by atoms with Crippen molar-refractivity contribution in [2.75, 3.05) is 0 Å². The molecule has 0 aromatic carbocycles. The summed E-state index contributed by atoms with van der Waals surface area (Å²) in [5, 5.41) is 8.08. The Labute approximate surface area is 137 Å². The number of hydrogen-bond donors (Lipinski definition) is 1. The van der Waals surface area contributed by atoms with Crippen LogP contribution >= 0.6 is 0 Å². The zero-order valence-electron chi connectivity index (χ0n) is 6.37. The Hall–Kier alpha value is 2.78. The summed E-state index contributed by atoms with van der Waals surface area (Å²) in [7, 11) is 0. The monoisotopic (exact) mass is 369 g/mol. The van der Waals surface area contributed by atoms with E-state index in [-0.39, 0.29) is 110 Å². The van der Waals surface area contributed by atoms with Gasteiger partial charge < -0.3 is 5.11 Å². The smallest absolute Gasteiger partial charge is 0.303 e. The Morgan fingerprint density at radius 1 is 1.30 bits per heavy atom. The molecule has 51 valence electrons. The van der Waals surface area contributed by atoms with Gasteiger partial charge in [0.1, 0.15) is 0 Å². The second kappa shape index (κ2) is 14.3. The first-order chi connectivity index (χ1) is 3.13. The quantitative estimate of drug-likeness (QED) is 0.793. The summed E-state index contributed by atoms with van der Waals surface area (Å²) in [6, 6.07) is 0. The molecule has 0 spiro atoms. The standard InChI is InChI=1S/C5H10O2.3Y/c1-4(2)3-5(6)7;;;/h4H,3H2,1-2H3,(H,6,7);;;. The van der Waals surface area contributed by atoms with E-state index in [1.165, 1.54) is 0 Å². The topological polar surface area (TPSA) is 37.3 Å². The zero-order chi connectivity index (χ0) is 5.86. The minimum Gasteiger partial charge on any atom is -0.481 e. The van der Waals surface area contributed by atoms with Gasteiger partial charge in [0, 0.05) is 105 Å². The summed E-state index contributed by atoms with van der Waals surface area (Å²) >= 11 is 0. The SMILES string of the molecule is CC(C)CC(=O)O.[Y].[Y].[Y]. The van der Waals surface area contributed by atoms with Crippen LogP contribution in [0.3, 0.4) is 0 Å². The van der Waals surface area contributed by atoms with Crippen molar-refractivity contribution in [2.24, 2.45) is 5.92 Å². The normalized spacial score (nSPS) is 6.70. The summed E-state index contributed by atoms with van der Waals surface area (Å²) in [6.45, 7) is 3.77. The number of carboxylic acids is 1. The molecule has 0 unspecified atom stereocenters. The van der Waals surface area contributed by atoms with Gasteiger partial charge >= 0.3 is 5.97 Å². The third-order valence-electron chi connectivity index (χ3n) is 0.583. The van der Waals surface area contributed by atoms with Gasteiger partial charge in [-0.25, -0.2) is 0 Å². The second-order valence-electron chi connectivity index (χ2n) is 1.99. The van der Waals surface area contributed by atoms with Crippen LogP contribution in [0.5, 0.6) is 0 Å². The van der Waals surface area contributed by atoms with Crippen molar-refractivity contribution < 1.29 is 108 Å². The van der Waals surface area contributed by atoms with Crippen LogP contribution in [0.2, 0.25) is 0 Å². The number of carbonyl (C=O) groups is 1. The summed E-state index contributed by atoms with van der Waals surface area (Å²) in [5.74, 6) is -0.438. The maximum atomic E-state index is 9.81. The van der Waals surface area contributed by atoms with Gasteiger partial charge in [-0.1, -0.05) is 13.8 Å². The van der Waals surface area contributed by atoms with Crippen LogP contribution in [-0.2, 0) is 103 Å². The first kappa shape index (κ1) is 23.0. The third kappa shape index (κ3) is 22.4. The molecule has 0 aromatic rings. The van der Waals surface area contributed by atoms with Crippen LogP contribution in [0, 0.1) is 5.92 Å². The number of carboxylic acid groups (broad SMARTS) is 1. The van der Waals surface area contributed by atoms with Crippen LogP contribution in [0.25, 0.3) is 0 Å². The van der Waals surface area contributed by atoms with Crippen molar-refractivity contribution in [1.82, 2.24) is 0 Å². The fourth-order valence-electron chi connectivity index (χ4n) is 0.349. The number of aliphatic carboxylic acids is 1. The summed E-state index contributed by atoms with van der Waals surface area (Å²) in [6.07, 6.45) is 0.278. The first-order valence-electron chi connectivity index (χ1n) is 2.34. The van der Waals surface area contributed by atoms with E-state index in [0.717, 1.165) is 0 Å². The maximum absolute atomic E-state index is 9.81.